The summed E-state index contributed by atoms with van der Waals surface area (Å²) in [6.07, 6.45) is 3.55. The average Bonchev–Trinajstić information content (AvgIpc) is 2.52. The first-order valence-electron chi connectivity index (χ1n) is 6.94. The van der Waals surface area contributed by atoms with Crippen molar-refractivity contribution >= 4 is 11.9 Å². The van der Waals surface area contributed by atoms with Crippen LogP contribution in [0, 0.1) is 0 Å². The van der Waals surface area contributed by atoms with Gasteiger partial charge in [-0.15, -0.1) is 0 Å². The molecule has 5 nitrogen and oxygen atoms in total. The van der Waals surface area contributed by atoms with Crippen LogP contribution in [-0.4, -0.2) is 36.7 Å². The Bertz CT molecular complexity index is 518. The normalized spacial score (nSPS) is 17.5. The molecule has 1 saturated heterocycles. The highest BCUT2D eigenvalue weighted by Crippen LogP contribution is 2.34. The number of ether oxygens (including phenoxy) is 1. The summed E-state index contributed by atoms with van der Waals surface area (Å²) in [5.41, 5.74) is 1.03. The van der Waals surface area contributed by atoms with E-state index in [-0.39, 0.29) is 11.3 Å². The minimum Gasteiger partial charge on any atom is -0.478 e. The third-order valence-corrected chi connectivity index (χ3v) is 3.81. The maximum atomic E-state index is 11.7. The maximum absolute atomic E-state index is 11.7. The fourth-order valence-corrected chi connectivity index (χ4v) is 2.58. The standard InChI is InChI=1S/C16H19NO4/c18-14(6-7-15(19)20)17-12-16(8-10-21-11-9-16)13-4-2-1-3-5-13/h1-7H,8-12H2,(H,17,18)(H,19,20). The summed E-state index contributed by atoms with van der Waals surface area (Å²) in [5, 5.41) is 11.3. The van der Waals surface area contributed by atoms with Crippen LogP contribution in [0.1, 0.15) is 18.4 Å². The quantitative estimate of drug-likeness (QED) is 0.805. The van der Waals surface area contributed by atoms with Gasteiger partial charge in [0.2, 0.25) is 5.91 Å². The number of hydrogen-bond donors (Lipinski definition) is 2. The molecule has 21 heavy (non-hydrogen) atoms. The summed E-state index contributed by atoms with van der Waals surface area (Å²) in [6.45, 7) is 1.80. The molecule has 0 atom stereocenters. The molecule has 2 N–H and O–H groups in total. The van der Waals surface area contributed by atoms with Crippen LogP contribution in [0.15, 0.2) is 42.5 Å². The molecular formula is C16H19NO4. The molecule has 0 unspecified atom stereocenters. The Morgan fingerprint density at radius 1 is 1.19 bits per heavy atom. The van der Waals surface area contributed by atoms with Gasteiger partial charge in [-0.1, -0.05) is 30.3 Å². The number of carbonyl (C=O) groups excluding carboxylic acids is 1. The Balaban J connectivity index is 2.07. The van der Waals surface area contributed by atoms with E-state index in [0.717, 1.165) is 25.0 Å². The molecule has 0 saturated carbocycles. The van der Waals surface area contributed by atoms with E-state index in [9.17, 15) is 9.59 Å². The second-order valence-corrected chi connectivity index (χ2v) is 5.15. The van der Waals surface area contributed by atoms with Crippen molar-refractivity contribution in [2.24, 2.45) is 0 Å². The van der Waals surface area contributed by atoms with Crippen LogP contribution < -0.4 is 5.32 Å². The second kappa shape index (κ2) is 7.04. The number of amides is 1. The van der Waals surface area contributed by atoms with E-state index in [1.165, 1.54) is 5.56 Å². The summed E-state index contributed by atoms with van der Waals surface area (Å²) >= 11 is 0. The van der Waals surface area contributed by atoms with Crippen molar-refractivity contribution in [3.63, 3.8) is 0 Å². The first-order chi connectivity index (χ1) is 10.1. The number of carboxylic acid groups (broad SMARTS) is 1. The number of benzene rings is 1. The molecule has 112 valence electrons. The molecule has 1 fully saturated rings. The van der Waals surface area contributed by atoms with E-state index in [1.54, 1.807) is 0 Å². The number of hydrogen-bond acceptors (Lipinski definition) is 3. The minimum absolute atomic E-state index is 0.147. The highest BCUT2D eigenvalue weighted by molar-refractivity contribution is 5.93. The summed E-state index contributed by atoms with van der Waals surface area (Å²) in [6, 6.07) is 10.1. The molecule has 0 radical (unpaired) electrons. The van der Waals surface area contributed by atoms with Crippen LogP contribution in [0.3, 0.4) is 0 Å². The van der Waals surface area contributed by atoms with Gasteiger partial charge in [0.05, 0.1) is 0 Å². The van der Waals surface area contributed by atoms with Crippen LogP contribution in [0.25, 0.3) is 0 Å². The van der Waals surface area contributed by atoms with Gasteiger partial charge in [0.25, 0.3) is 0 Å². The Morgan fingerprint density at radius 3 is 2.48 bits per heavy atom. The molecule has 1 aromatic rings. The number of rotatable bonds is 5. The van der Waals surface area contributed by atoms with Crippen LogP contribution in [-0.2, 0) is 19.7 Å². The molecule has 0 aliphatic carbocycles. The van der Waals surface area contributed by atoms with Crippen LogP contribution in [0.5, 0.6) is 0 Å². The first kappa shape index (κ1) is 15.3. The van der Waals surface area contributed by atoms with Gasteiger partial charge < -0.3 is 15.2 Å². The van der Waals surface area contributed by atoms with E-state index in [1.807, 2.05) is 18.2 Å². The molecule has 0 bridgehead atoms. The fourth-order valence-electron chi connectivity index (χ4n) is 2.58. The Labute approximate surface area is 123 Å². The number of carboxylic acids is 1. The Morgan fingerprint density at radius 2 is 1.86 bits per heavy atom. The lowest BCUT2D eigenvalue weighted by molar-refractivity contribution is -0.131. The van der Waals surface area contributed by atoms with Crippen molar-refractivity contribution < 1.29 is 19.4 Å². The lowest BCUT2D eigenvalue weighted by Gasteiger charge is -2.37. The topological polar surface area (TPSA) is 75.6 Å². The summed E-state index contributed by atoms with van der Waals surface area (Å²) in [7, 11) is 0. The largest absolute Gasteiger partial charge is 0.478 e. The smallest absolute Gasteiger partial charge is 0.328 e. The molecule has 1 aliphatic heterocycles. The molecule has 1 amide bonds. The summed E-state index contributed by atoms with van der Waals surface area (Å²) in [4.78, 5) is 22.1. The average molecular weight is 289 g/mol. The van der Waals surface area contributed by atoms with E-state index in [4.69, 9.17) is 9.84 Å². The summed E-state index contributed by atoms with van der Waals surface area (Å²) < 4.78 is 5.43. The molecule has 1 aromatic carbocycles. The van der Waals surface area contributed by atoms with Crippen LogP contribution in [0.2, 0.25) is 0 Å². The number of carbonyl (C=O) groups is 2. The van der Waals surface area contributed by atoms with Crippen LogP contribution >= 0.6 is 0 Å². The third kappa shape index (κ3) is 4.16. The third-order valence-electron chi connectivity index (χ3n) is 3.81. The van der Waals surface area contributed by atoms with Crippen molar-refractivity contribution in [2.45, 2.75) is 18.3 Å². The van der Waals surface area contributed by atoms with E-state index in [2.05, 4.69) is 17.4 Å². The lowest BCUT2D eigenvalue weighted by atomic mass is 9.74. The Hall–Kier alpha value is -2.14. The monoisotopic (exact) mass is 289 g/mol. The fraction of sp³-hybridized carbons (Fsp3) is 0.375. The van der Waals surface area contributed by atoms with Crippen molar-refractivity contribution in [2.75, 3.05) is 19.8 Å². The Kier molecular flexibility index (Phi) is 5.11. The summed E-state index contributed by atoms with van der Waals surface area (Å²) in [5.74, 6) is -1.52. The van der Waals surface area contributed by atoms with Crippen LogP contribution in [0.4, 0.5) is 0 Å². The van der Waals surface area contributed by atoms with Crippen molar-refractivity contribution in [3.8, 4) is 0 Å². The predicted octanol–water partition coefficient (Wildman–Crippen LogP) is 1.49. The van der Waals surface area contributed by atoms with Gasteiger partial charge in [-0.25, -0.2) is 4.79 Å². The predicted molar refractivity (Wildman–Crippen MR) is 78.0 cm³/mol. The molecule has 1 aliphatic rings. The van der Waals surface area contributed by atoms with Gasteiger partial charge in [0.15, 0.2) is 0 Å². The van der Waals surface area contributed by atoms with E-state index in [0.29, 0.717) is 19.8 Å². The van der Waals surface area contributed by atoms with Gasteiger partial charge in [-0.05, 0) is 18.4 Å². The zero-order chi connectivity index (χ0) is 15.1. The van der Waals surface area contributed by atoms with Gasteiger partial charge in [0.1, 0.15) is 0 Å². The van der Waals surface area contributed by atoms with Crippen molar-refractivity contribution in [1.82, 2.24) is 5.32 Å². The van der Waals surface area contributed by atoms with E-state index < -0.39 is 5.97 Å². The zero-order valence-electron chi connectivity index (χ0n) is 11.7. The molecular weight excluding hydrogens is 270 g/mol. The van der Waals surface area contributed by atoms with Gasteiger partial charge in [-0.2, -0.15) is 0 Å². The van der Waals surface area contributed by atoms with Gasteiger partial charge in [0, 0.05) is 37.3 Å². The maximum Gasteiger partial charge on any atom is 0.328 e. The highest BCUT2D eigenvalue weighted by atomic mass is 16.5. The van der Waals surface area contributed by atoms with Gasteiger partial charge in [-0.3, -0.25) is 4.79 Å². The van der Waals surface area contributed by atoms with Gasteiger partial charge >= 0.3 is 5.97 Å². The van der Waals surface area contributed by atoms with Crippen molar-refractivity contribution in [1.29, 1.82) is 0 Å². The lowest BCUT2D eigenvalue weighted by Crippen LogP contribution is -2.44. The highest BCUT2D eigenvalue weighted by Gasteiger charge is 2.34. The minimum atomic E-state index is -1.13. The first-order valence-corrected chi connectivity index (χ1v) is 6.94. The van der Waals surface area contributed by atoms with E-state index >= 15 is 0 Å². The molecule has 1 heterocycles. The molecule has 0 spiro atoms. The zero-order valence-corrected chi connectivity index (χ0v) is 11.7. The van der Waals surface area contributed by atoms with Crippen molar-refractivity contribution in [3.05, 3.63) is 48.0 Å². The number of aliphatic carboxylic acids is 1. The SMILES string of the molecule is O=C(O)C=CC(=O)NCC1(c2ccccc2)CCOCC1. The molecule has 0 aromatic heterocycles. The second-order valence-electron chi connectivity index (χ2n) is 5.15. The molecule has 2 rings (SSSR count). The molecule has 5 heteroatoms. The number of nitrogens with one attached hydrogen (secondary N) is 1.